The van der Waals surface area contributed by atoms with Gasteiger partial charge in [0.05, 0.1) is 0 Å². The smallest absolute Gasteiger partial charge is 0.0127 e. The molecule has 0 spiro atoms. The average Bonchev–Trinajstić information content (AvgIpc) is 2.90. The van der Waals surface area contributed by atoms with Gasteiger partial charge in [0.15, 0.2) is 0 Å². The first kappa shape index (κ1) is 11.8. The Labute approximate surface area is 101 Å². The summed E-state index contributed by atoms with van der Waals surface area (Å²) in [5, 5.41) is 14.9. The van der Waals surface area contributed by atoms with Gasteiger partial charge in [-0.05, 0) is 30.2 Å². The highest BCUT2D eigenvalue weighted by molar-refractivity contribution is 5.19. The summed E-state index contributed by atoms with van der Waals surface area (Å²) in [4.78, 5) is 0. The van der Waals surface area contributed by atoms with E-state index in [0.29, 0.717) is 11.8 Å². The van der Waals surface area contributed by atoms with E-state index in [0.717, 1.165) is 18.7 Å². The van der Waals surface area contributed by atoms with E-state index < -0.39 is 0 Å². The third-order valence-corrected chi connectivity index (χ3v) is 3.18. The van der Waals surface area contributed by atoms with E-state index >= 15 is 0 Å². The summed E-state index contributed by atoms with van der Waals surface area (Å²) < 4.78 is 0. The molecule has 2 atom stereocenters. The first-order valence-corrected chi connectivity index (χ1v) is 6.04. The van der Waals surface area contributed by atoms with E-state index in [1.165, 1.54) is 5.56 Å². The number of benzene rings is 1. The molecule has 1 aromatic carbocycles. The van der Waals surface area contributed by atoms with Crippen molar-refractivity contribution in [2.45, 2.75) is 38.5 Å². The van der Waals surface area contributed by atoms with Gasteiger partial charge in [0, 0.05) is 5.82 Å². The molecular formula is C13H17N4-. The van der Waals surface area contributed by atoms with E-state index in [2.05, 4.69) is 58.7 Å². The normalized spacial score (nSPS) is 14.5. The molecule has 0 saturated heterocycles. The lowest BCUT2D eigenvalue weighted by atomic mass is 9.87. The van der Waals surface area contributed by atoms with Crippen molar-refractivity contribution >= 4 is 0 Å². The molecule has 2 rings (SSSR count). The highest BCUT2D eigenvalue weighted by Gasteiger charge is 2.14. The second kappa shape index (κ2) is 5.57. The van der Waals surface area contributed by atoms with Gasteiger partial charge >= 0.3 is 0 Å². The fourth-order valence-corrected chi connectivity index (χ4v) is 2.14. The summed E-state index contributed by atoms with van der Waals surface area (Å²) in [6.45, 7) is 4.34. The molecule has 0 bridgehead atoms. The van der Waals surface area contributed by atoms with Gasteiger partial charge in [-0.2, -0.15) is 5.21 Å². The molecule has 4 heteroatoms. The van der Waals surface area contributed by atoms with Crippen LogP contribution in [0.3, 0.4) is 0 Å². The van der Waals surface area contributed by atoms with Crippen LogP contribution >= 0.6 is 0 Å². The van der Waals surface area contributed by atoms with E-state index in [1.54, 1.807) is 0 Å². The van der Waals surface area contributed by atoms with E-state index in [-0.39, 0.29) is 0 Å². The summed E-state index contributed by atoms with van der Waals surface area (Å²) in [5.74, 6) is 1.60. The van der Waals surface area contributed by atoms with Crippen molar-refractivity contribution in [3.8, 4) is 0 Å². The van der Waals surface area contributed by atoms with Crippen molar-refractivity contribution in [1.82, 2.24) is 20.6 Å². The zero-order chi connectivity index (χ0) is 12.1. The first-order valence-electron chi connectivity index (χ1n) is 6.04. The fourth-order valence-electron chi connectivity index (χ4n) is 2.14. The molecule has 2 unspecified atom stereocenters. The van der Waals surface area contributed by atoms with Gasteiger partial charge in [0.2, 0.25) is 0 Å². The molecule has 0 fully saturated rings. The minimum absolute atomic E-state index is 0.301. The Morgan fingerprint density at radius 3 is 2.59 bits per heavy atom. The van der Waals surface area contributed by atoms with Crippen molar-refractivity contribution in [3.63, 3.8) is 0 Å². The Morgan fingerprint density at radius 1 is 1.24 bits per heavy atom. The van der Waals surface area contributed by atoms with Crippen LogP contribution in [0.25, 0.3) is 0 Å². The van der Waals surface area contributed by atoms with Crippen molar-refractivity contribution in [2.75, 3.05) is 0 Å². The van der Waals surface area contributed by atoms with Crippen LogP contribution in [-0.4, -0.2) is 15.5 Å². The molecule has 2 aromatic rings. The Hall–Kier alpha value is -1.71. The molecule has 90 valence electrons. The van der Waals surface area contributed by atoms with Gasteiger partial charge in [-0.25, -0.2) is 0 Å². The molecule has 4 nitrogen and oxygen atoms in total. The van der Waals surface area contributed by atoms with E-state index in [1.807, 2.05) is 6.07 Å². The standard InChI is InChI=1S/C13H17N4/c1-3-11(12-7-5-4-6-8-12)9-10(2)13-14-16-17-15-13/h4-8,10-11H,3,9H2,1-2H3/q-1. The summed E-state index contributed by atoms with van der Waals surface area (Å²) in [7, 11) is 0. The largest absolute Gasteiger partial charge is 0.335 e. The Morgan fingerprint density at radius 2 is 2.00 bits per heavy atom. The average molecular weight is 229 g/mol. The summed E-state index contributed by atoms with van der Waals surface area (Å²) in [6, 6.07) is 10.6. The molecule has 0 amide bonds. The molecular weight excluding hydrogens is 212 g/mol. The summed E-state index contributed by atoms with van der Waals surface area (Å²) >= 11 is 0. The van der Waals surface area contributed by atoms with Crippen molar-refractivity contribution in [1.29, 1.82) is 0 Å². The van der Waals surface area contributed by atoms with Crippen molar-refractivity contribution < 1.29 is 0 Å². The topological polar surface area (TPSA) is 52.8 Å². The number of aromatic nitrogens is 4. The van der Waals surface area contributed by atoms with Crippen LogP contribution in [0.5, 0.6) is 0 Å². The molecule has 0 aliphatic carbocycles. The second-order valence-corrected chi connectivity index (χ2v) is 4.39. The number of hydrogen-bond donors (Lipinski definition) is 0. The van der Waals surface area contributed by atoms with Gasteiger partial charge < -0.3 is 5.10 Å². The monoisotopic (exact) mass is 229 g/mol. The number of tetrazole rings is 1. The highest BCUT2D eigenvalue weighted by Crippen LogP contribution is 2.29. The van der Waals surface area contributed by atoms with E-state index in [9.17, 15) is 0 Å². The second-order valence-electron chi connectivity index (χ2n) is 4.39. The van der Waals surface area contributed by atoms with Gasteiger partial charge in [0.25, 0.3) is 0 Å². The van der Waals surface area contributed by atoms with Crippen molar-refractivity contribution in [3.05, 3.63) is 41.7 Å². The lowest BCUT2D eigenvalue weighted by Crippen LogP contribution is -2.05. The zero-order valence-electron chi connectivity index (χ0n) is 10.2. The quantitative estimate of drug-likeness (QED) is 0.790. The number of hydrogen-bond acceptors (Lipinski definition) is 3. The van der Waals surface area contributed by atoms with Gasteiger partial charge in [-0.1, -0.05) is 44.2 Å². The molecule has 0 aliphatic rings. The summed E-state index contributed by atoms with van der Waals surface area (Å²) in [6.07, 6.45) is 2.16. The number of nitrogens with zero attached hydrogens (tertiary/aromatic N) is 4. The third kappa shape index (κ3) is 2.90. The molecule has 1 heterocycles. The Kier molecular flexibility index (Phi) is 3.85. The maximum Gasteiger partial charge on any atom is 0.0127 e. The van der Waals surface area contributed by atoms with Crippen LogP contribution in [0, 0.1) is 0 Å². The number of rotatable bonds is 5. The molecule has 1 aromatic heterocycles. The lowest BCUT2D eigenvalue weighted by Gasteiger charge is -2.20. The summed E-state index contributed by atoms with van der Waals surface area (Å²) in [5.41, 5.74) is 1.38. The molecule has 0 N–H and O–H groups in total. The first-order chi connectivity index (χ1) is 8.31. The van der Waals surface area contributed by atoms with Gasteiger partial charge in [0.1, 0.15) is 0 Å². The van der Waals surface area contributed by atoms with Crippen LogP contribution in [-0.2, 0) is 0 Å². The van der Waals surface area contributed by atoms with Crippen LogP contribution < -0.4 is 5.10 Å². The zero-order valence-corrected chi connectivity index (χ0v) is 10.2. The van der Waals surface area contributed by atoms with Crippen LogP contribution in [0.1, 0.15) is 49.9 Å². The van der Waals surface area contributed by atoms with Crippen LogP contribution in [0.4, 0.5) is 0 Å². The van der Waals surface area contributed by atoms with Crippen LogP contribution in [0.15, 0.2) is 30.3 Å². The fraction of sp³-hybridized carbons (Fsp3) is 0.462. The maximum absolute atomic E-state index is 3.92. The lowest BCUT2D eigenvalue weighted by molar-refractivity contribution is 0.526. The van der Waals surface area contributed by atoms with Gasteiger partial charge in [-0.3, -0.25) is 10.3 Å². The highest BCUT2D eigenvalue weighted by atomic mass is 15.5. The minimum atomic E-state index is 0.301. The molecule has 0 aliphatic heterocycles. The van der Waals surface area contributed by atoms with Gasteiger partial charge in [-0.15, -0.1) is 0 Å². The Balaban J connectivity index is 2.06. The molecule has 0 radical (unpaired) electrons. The van der Waals surface area contributed by atoms with Crippen molar-refractivity contribution in [2.24, 2.45) is 0 Å². The maximum atomic E-state index is 3.92. The SMILES string of the molecule is CCC(CC(C)c1nnn[n-]1)c1ccccc1. The Bertz CT molecular complexity index is 424. The molecule has 17 heavy (non-hydrogen) atoms. The van der Waals surface area contributed by atoms with E-state index in [4.69, 9.17) is 0 Å². The minimum Gasteiger partial charge on any atom is -0.335 e. The predicted octanol–water partition coefficient (Wildman–Crippen LogP) is 2.52. The molecule has 0 saturated carbocycles. The predicted molar refractivity (Wildman–Crippen MR) is 65.7 cm³/mol. The third-order valence-electron chi connectivity index (χ3n) is 3.18. The van der Waals surface area contributed by atoms with Crippen LogP contribution in [0.2, 0.25) is 0 Å².